The van der Waals surface area contributed by atoms with Crippen LogP contribution in [0.5, 0.6) is 5.75 Å². The molecule has 7 heteroatoms. The molecule has 1 aliphatic heterocycles. The number of carbonyl (C=O) groups is 1. The molecule has 0 radical (unpaired) electrons. The summed E-state index contributed by atoms with van der Waals surface area (Å²) in [4.78, 5) is 13.1. The molecule has 0 aromatic heterocycles. The van der Waals surface area contributed by atoms with Crippen LogP contribution in [-0.2, 0) is 0 Å². The molecule has 1 fully saturated rings. The van der Waals surface area contributed by atoms with E-state index in [2.05, 4.69) is 0 Å². The van der Waals surface area contributed by atoms with Crippen molar-refractivity contribution in [3.8, 4) is 5.75 Å². The third-order valence-corrected chi connectivity index (χ3v) is 3.38. The molecule has 1 saturated heterocycles. The van der Waals surface area contributed by atoms with Gasteiger partial charge < -0.3 is 14.7 Å². The smallest absolute Gasteiger partial charge is 0.419 e. The minimum Gasteiger partial charge on any atom is -0.497 e. The second-order valence-electron chi connectivity index (χ2n) is 4.74. The number of rotatable bonds is 2. The van der Waals surface area contributed by atoms with Crippen LogP contribution in [0.4, 0.5) is 13.2 Å². The highest BCUT2D eigenvalue weighted by Crippen LogP contribution is 2.38. The Morgan fingerprint density at radius 2 is 2.15 bits per heavy atom. The molecule has 0 aliphatic carbocycles. The molecule has 0 unspecified atom stereocenters. The van der Waals surface area contributed by atoms with Crippen LogP contribution in [0.25, 0.3) is 0 Å². The second kappa shape index (κ2) is 4.97. The van der Waals surface area contributed by atoms with Crippen molar-refractivity contribution in [3.63, 3.8) is 0 Å². The lowest BCUT2D eigenvalue weighted by Gasteiger charge is -2.25. The SMILES string of the molecule is COc1cccc(C(=O)N2CC[C@](O)(C(F)(F)F)C2)c1. The van der Waals surface area contributed by atoms with Gasteiger partial charge >= 0.3 is 6.18 Å². The Bertz CT molecular complexity index is 518. The Hall–Kier alpha value is -1.76. The van der Waals surface area contributed by atoms with E-state index in [1.165, 1.54) is 19.2 Å². The lowest BCUT2D eigenvalue weighted by molar-refractivity contribution is -0.253. The number of β-amino-alcohol motifs (C(OH)–C–C–N with tert-alkyl or cyclic N) is 1. The lowest BCUT2D eigenvalue weighted by atomic mass is 10.0. The second-order valence-corrected chi connectivity index (χ2v) is 4.74. The number of hydrogen-bond acceptors (Lipinski definition) is 3. The Balaban J connectivity index is 2.16. The van der Waals surface area contributed by atoms with Gasteiger partial charge in [-0.05, 0) is 18.2 Å². The third kappa shape index (κ3) is 2.58. The van der Waals surface area contributed by atoms with E-state index in [4.69, 9.17) is 4.74 Å². The monoisotopic (exact) mass is 289 g/mol. The maximum absolute atomic E-state index is 12.7. The normalized spacial score (nSPS) is 22.9. The van der Waals surface area contributed by atoms with Gasteiger partial charge in [0.2, 0.25) is 0 Å². The fourth-order valence-electron chi connectivity index (χ4n) is 2.14. The summed E-state index contributed by atoms with van der Waals surface area (Å²) in [6.07, 6.45) is -5.25. The Labute approximate surface area is 113 Å². The number of aliphatic hydroxyl groups is 1. The number of amides is 1. The van der Waals surface area contributed by atoms with Crippen molar-refractivity contribution in [2.24, 2.45) is 0 Å². The summed E-state index contributed by atoms with van der Waals surface area (Å²) < 4.78 is 43.0. The van der Waals surface area contributed by atoms with Gasteiger partial charge in [0.25, 0.3) is 5.91 Å². The molecule has 0 spiro atoms. The first kappa shape index (κ1) is 14.6. The van der Waals surface area contributed by atoms with Gasteiger partial charge in [-0.3, -0.25) is 4.79 Å². The quantitative estimate of drug-likeness (QED) is 0.903. The van der Waals surface area contributed by atoms with Gasteiger partial charge in [-0.15, -0.1) is 0 Å². The van der Waals surface area contributed by atoms with E-state index in [0.717, 1.165) is 4.90 Å². The van der Waals surface area contributed by atoms with E-state index < -0.39 is 30.7 Å². The molecule has 110 valence electrons. The fourth-order valence-corrected chi connectivity index (χ4v) is 2.14. The summed E-state index contributed by atoms with van der Waals surface area (Å²) in [5, 5.41) is 9.55. The van der Waals surface area contributed by atoms with Crippen LogP contribution in [0.15, 0.2) is 24.3 Å². The van der Waals surface area contributed by atoms with E-state index in [1.807, 2.05) is 0 Å². The highest BCUT2D eigenvalue weighted by molar-refractivity contribution is 5.94. The van der Waals surface area contributed by atoms with Crippen LogP contribution in [-0.4, -0.2) is 47.9 Å². The third-order valence-electron chi connectivity index (χ3n) is 3.38. The van der Waals surface area contributed by atoms with Gasteiger partial charge in [-0.2, -0.15) is 13.2 Å². The van der Waals surface area contributed by atoms with Crippen LogP contribution in [0.3, 0.4) is 0 Å². The molecule has 2 rings (SSSR count). The maximum atomic E-state index is 12.7. The van der Waals surface area contributed by atoms with Crippen LogP contribution in [0, 0.1) is 0 Å². The fraction of sp³-hybridized carbons (Fsp3) is 0.462. The Kier molecular flexibility index (Phi) is 3.64. The molecule has 1 atom stereocenters. The van der Waals surface area contributed by atoms with Gasteiger partial charge in [0, 0.05) is 18.5 Å². The molecule has 4 nitrogen and oxygen atoms in total. The molecule has 1 aromatic carbocycles. The van der Waals surface area contributed by atoms with Crippen molar-refractivity contribution in [3.05, 3.63) is 29.8 Å². The van der Waals surface area contributed by atoms with E-state index in [1.54, 1.807) is 12.1 Å². The van der Waals surface area contributed by atoms with Gasteiger partial charge in [0.05, 0.1) is 13.7 Å². The number of ether oxygens (including phenoxy) is 1. The van der Waals surface area contributed by atoms with Crippen molar-refractivity contribution in [2.45, 2.75) is 18.2 Å². The van der Waals surface area contributed by atoms with Crippen molar-refractivity contribution >= 4 is 5.91 Å². The first-order chi connectivity index (χ1) is 9.27. The number of hydrogen-bond donors (Lipinski definition) is 1. The summed E-state index contributed by atoms with van der Waals surface area (Å²) in [5.74, 6) is -0.106. The molecule has 1 aromatic rings. The topological polar surface area (TPSA) is 49.8 Å². The minimum absolute atomic E-state index is 0.133. The number of alkyl halides is 3. The molecular formula is C13H14F3NO3. The standard InChI is InChI=1S/C13H14F3NO3/c1-20-10-4-2-3-9(7-10)11(18)17-6-5-12(19,8-17)13(14,15)16/h2-4,7,19H,5-6,8H2,1H3/t12-/m1/s1. The zero-order valence-electron chi connectivity index (χ0n) is 10.8. The van der Waals surface area contributed by atoms with Crippen molar-refractivity contribution in [2.75, 3.05) is 20.2 Å². The summed E-state index contributed by atoms with van der Waals surface area (Å²) >= 11 is 0. The summed E-state index contributed by atoms with van der Waals surface area (Å²) in [6, 6.07) is 6.16. The lowest BCUT2D eigenvalue weighted by Crippen LogP contribution is -2.48. The first-order valence-corrected chi connectivity index (χ1v) is 5.99. The number of likely N-dealkylation sites (tertiary alicyclic amines) is 1. The minimum atomic E-state index is -4.74. The average Bonchev–Trinajstić information content (AvgIpc) is 2.81. The summed E-state index contributed by atoms with van der Waals surface area (Å²) in [6.45, 7) is -0.876. The molecule has 1 N–H and O–H groups in total. The van der Waals surface area contributed by atoms with E-state index in [-0.39, 0.29) is 12.1 Å². The Morgan fingerprint density at radius 1 is 1.45 bits per heavy atom. The van der Waals surface area contributed by atoms with Gasteiger partial charge in [0.1, 0.15) is 5.75 Å². The summed E-state index contributed by atoms with van der Waals surface area (Å²) in [7, 11) is 1.43. The van der Waals surface area contributed by atoms with Crippen LogP contribution in [0.1, 0.15) is 16.8 Å². The van der Waals surface area contributed by atoms with Gasteiger partial charge in [-0.25, -0.2) is 0 Å². The zero-order chi connectivity index (χ0) is 15.0. The largest absolute Gasteiger partial charge is 0.497 e. The highest BCUT2D eigenvalue weighted by Gasteiger charge is 2.57. The van der Waals surface area contributed by atoms with Crippen molar-refractivity contribution < 1.29 is 27.8 Å². The molecule has 1 heterocycles. The summed E-state index contributed by atoms with van der Waals surface area (Å²) in [5.41, 5.74) is -2.59. The molecule has 1 amide bonds. The predicted octanol–water partition coefficient (Wildman–Crippen LogP) is 1.83. The zero-order valence-corrected chi connectivity index (χ0v) is 10.8. The van der Waals surface area contributed by atoms with Gasteiger partial charge in [-0.1, -0.05) is 6.07 Å². The van der Waals surface area contributed by atoms with Crippen molar-refractivity contribution in [1.82, 2.24) is 4.90 Å². The molecule has 0 bridgehead atoms. The number of methoxy groups -OCH3 is 1. The Morgan fingerprint density at radius 3 is 2.70 bits per heavy atom. The average molecular weight is 289 g/mol. The maximum Gasteiger partial charge on any atom is 0.419 e. The number of halogens is 3. The molecule has 20 heavy (non-hydrogen) atoms. The van der Waals surface area contributed by atoms with Crippen LogP contribution >= 0.6 is 0 Å². The van der Waals surface area contributed by atoms with Crippen LogP contribution in [0.2, 0.25) is 0 Å². The number of carbonyl (C=O) groups excluding carboxylic acids is 1. The van der Waals surface area contributed by atoms with Gasteiger partial charge in [0.15, 0.2) is 5.60 Å². The van der Waals surface area contributed by atoms with E-state index >= 15 is 0 Å². The first-order valence-electron chi connectivity index (χ1n) is 5.99. The predicted molar refractivity (Wildman–Crippen MR) is 64.5 cm³/mol. The van der Waals surface area contributed by atoms with E-state index in [9.17, 15) is 23.1 Å². The van der Waals surface area contributed by atoms with Crippen LogP contribution < -0.4 is 4.74 Å². The van der Waals surface area contributed by atoms with Crippen molar-refractivity contribution in [1.29, 1.82) is 0 Å². The molecule has 0 saturated carbocycles. The van der Waals surface area contributed by atoms with E-state index in [0.29, 0.717) is 5.75 Å². The highest BCUT2D eigenvalue weighted by atomic mass is 19.4. The molecule has 1 aliphatic rings. The number of benzene rings is 1. The molecular weight excluding hydrogens is 275 g/mol. The number of nitrogens with zero attached hydrogens (tertiary/aromatic N) is 1.